The second-order valence-electron chi connectivity index (χ2n) is 3.17. The zero-order chi connectivity index (χ0) is 8.55. The molecule has 12 heavy (non-hydrogen) atoms. The van der Waals surface area contributed by atoms with E-state index in [0.29, 0.717) is 6.04 Å². The molecule has 5 nitrogen and oxygen atoms in total. The molecular formula is C7H13N5. The molecule has 66 valence electrons. The van der Waals surface area contributed by atoms with Crippen LogP contribution in [0.5, 0.6) is 0 Å². The molecule has 1 aromatic rings. The molecule has 0 aromatic carbocycles. The van der Waals surface area contributed by atoms with Crippen LogP contribution in [0.4, 0.5) is 0 Å². The zero-order valence-corrected chi connectivity index (χ0v) is 7.07. The Hall–Kier alpha value is -0.940. The predicted octanol–water partition coefficient (Wildman–Crippen LogP) is -1.11. The van der Waals surface area contributed by atoms with Crippen molar-refractivity contribution in [3.05, 3.63) is 12.2 Å². The number of aryl methyl sites for hydroxylation is 1. The summed E-state index contributed by atoms with van der Waals surface area (Å²) in [6.45, 7) is 3.68. The Labute approximate surface area is 71.0 Å². The Morgan fingerprint density at radius 2 is 2.67 bits per heavy atom. The van der Waals surface area contributed by atoms with E-state index < -0.39 is 0 Å². The number of nitrogens with zero attached hydrogens (tertiary/aromatic N) is 3. The quantitative estimate of drug-likeness (QED) is 0.586. The molecule has 1 saturated heterocycles. The van der Waals surface area contributed by atoms with E-state index >= 15 is 0 Å². The van der Waals surface area contributed by atoms with Crippen molar-refractivity contribution in [2.75, 3.05) is 6.54 Å². The van der Waals surface area contributed by atoms with Gasteiger partial charge in [0.05, 0.1) is 6.54 Å². The maximum atomic E-state index is 5.77. The molecule has 3 N–H and O–H groups in total. The van der Waals surface area contributed by atoms with E-state index in [2.05, 4.69) is 15.4 Å². The highest BCUT2D eigenvalue weighted by atomic mass is 15.3. The minimum Gasteiger partial charge on any atom is -0.325 e. The molecule has 2 rings (SSSR count). The molecule has 2 atom stereocenters. The summed E-state index contributed by atoms with van der Waals surface area (Å²) < 4.78 is 1.87. The molecule has 1 fully saturated rings. The van der Waals surface area contributed by atoms with Crippen molar-refractivity contribution in [2.24, 2.45) is 5.73 Å². The molecule has 0 saturated carbocycles. The topological polar surface area (TPSA) is 68.8 Å². The molecule has 0 aliphatic carbocycles. The molecule has 2 heterocycles. The van der Waals surface area contributed by atoms with E-state index in [1.165, 1.54) is 0 Å². The van der Waals surface area contributed by atoms with E-state index in [4.69, 9.17) is 5.73 Å². The van der Waals surface area contributed by atoms with Crippen LogP contribution in [0.1, 0.15) is 5.82 Å². The fraction of sp³-hybridized carbons (Fsp3) is 0.714. The molecule has 2 unspecified atom stereocenters. The molecule has 1 aliphatic heterocycles. The second-order valence-corrected chi connectivity index (χ2v) is 3.17. The van der Waals surface area contributed by atoms with Crippen LogP contribution >= 0.6 is 0 Å². The van der Waals surface area contributed by atoms with Gasteiger partial charge in [-0.3, -0.25) is 0 Å². The van der Waals surface area contributed by atoms with Crippen LogP contribution in [0.15, 0.2) is 6.33 Å². The van der Waals surface area contributed by atoms with Gasteiger partial charge < -0.3 is 11.1 Å². The van der Waals surface area contributed by atoms with Crippen molar-refractivity contribution in [3.8, 4) is 0 Å². The second kappa shape index (κ2) is 2.84. The van der Waals surface area contributed by atoms with Gasteiger partial charge in [0.25, 0.3) is 0 Å². The average Bonchev–Trinajstić information content (AvgIpc) is 2.44. The molecule has 0 spiro atoms. The first-order valence-electron chi connectivity index (χ1n) is 4.11. The van der Waals surface area contributed by atoms with Gasteiger partial charge >= 0.3 is 0 Å². The summed E-state index contributed by atoms with van der Waals surface area (Å²) >= 11 is 0. The lowest BCUT2D eigenvalue weighted by Crippen LogP contribution is -2.63. The molecule has 0 bridgehead atoms. The molecule has 0 amide bonds. The van der Waals surface area contributed by atoms with Crippen molar-refractivity contribution in [1.82, 2.24) is 20.1 Å². The van der Waals surface area contributed by atoms with Crippen LogP contribution in [-0.2, 0) is 6.54 Å². The summed E-state index contributed by atoms with van der Waals surface area (Å²) in [6, 6.07) is 0.638. The smallest absolute Gasteiger partial charge is 0.138 e. The maximum Gasteiger partial charge on any atom is 0.138 e. The molecular weight excluding hydrogens is 154 g/mol. The van der Waals surface area contributed by atoms with Gasteiger partial charge in [-0.05, 0) is 6.92 Å². The van der Waals surface area contributed by atoms with Gasteiger partial charge in [0.1, 0.15) is 12.2 Å². The van der Waals surface area contributed by atoms with E-state index in [-0.39, 0.29) is 6.04 Å². The summed E-state index contributed by atoms with van der Waals surface area (Å²) in [4.78, 5) is 4.04. The fourth-order valence-corrected chi connectivity index (χ4v) is 1.31. The normalized spacial score (nSPS) is 28.5. The standard InChI is InChI=1S/C7H13N5/c1-5-10-4-11-12(5)3-7-6(8)2-9-7/h4,6-7,9H,2-3,8H2,1H3. The Kier molecular flexibility index (Phi) is 1.82. The Morgan fingerprint density at radius 1 is 1.83 bits per heavy atom. The number of nitrogens with two attached hydrogens (primary N) is 1. The van der Waals surface area contributed by atoms with Crippen LogP contribution in [-0.4, -0.2) is 33.4 Å². The molecule has 1 aromatic heterocycles. The fourth-order valence-electron chi connectivity index (χ4n) is 1.31. The summed E-state index contributed by atoms with van der Waals surface area (Å²) in [7, 11) is 0. The lowest BCUT2D eigenvalue weighted by molar-refractivity contribution is 0.269. The number of hydrogen-bond acceptors (Lipinski definition) is 4. The SMILES string of the molecule is Cc1ncnn1CC1NCC1N. The zero-order valence-electron chi connectivity index (χ0n) is 7.07. The van der Waals surface area contributed by atoms with Crippen LogP contribution in [0.3, 0.4) is 0 Å². The molecule has 1 aliphatic rings. The number of aromatic nitrogens is 3. The van der Waals surface area contributed by atoms with Gasteiger partial charge in [-0.1, -0.05) is 0 Å². The van der Waals surface area contributed by atoms with E-state index in [1.807, 2.05) is 11.6 Å². The third-order valence-electron chi connectivity index (χ3n) is 2.31. The Morgan fingerprint density at radius 3 is 3.08 bits per heavy atom. The van der Waals surface area contributed by atoms with Gasteiger partial charge in [0.2, 0.25) is 0 Å². The summed E-state index contributed by atoms with van der Waals surface area (Å²) in [5.74, 6) is 0.941. The van der Waals surface area contributed by atoms with E-state index in [0.717, 1.165) is 18.9 Å². The number of hydrogen-bond donors (Lipinski definition) is 2. The number of nitrogens with one attached hydrogen (secondary N) is 1. The van der Waals surface area contributed by atoms with Crippen LogP contribution < -0.4 is 11.1 Å². The largest absolute Gasteiger partial charge is 0.325 e. The Bertz CT molecular complexity index is 269. The minimum atomic E-state index is 0.272. The highest BCUT2D eigenvalue weighted by Crippen LogP contribution is 2.04. The average molecular weight is 167 g/mol. The monoisotopic (exact) mass is 167 g/mol. The van der Waals surface area contributed by atoms with E-state index in [1.54, 1.807) is 6.33 Å². The van der Waals surface area contributed by atoms with Gasteiger partial charge in [0, 0.05) is 18.6 Å². The van der Waals surface area contributed by atoms with Crippen LogP contribution in [0.2, 0.25) is 0 Å². The van der Waals surface area contributed by atoms with Gasteiger partial charge in [-0.15, -0.1) is 0 Å². The molecule has 0 radical (unpaired) electrons. The Balaban J connectivity index is 1.99. The highest BCUT2D eigenvalue weighted by Gasteiger charge is 2.27. The van der Waals surface area contributed by atoms with Gasteiger partial charge in [-0.25, -0.2) is 9.67 Å². The minimum absolute atomic E-state index is 0.272. The third-order valence-corrected chi connectivity index (χ3v) is 2.31. The van der Waals surface area contributed by atoms with E-state index in [9.17, 15) is 0 Å². The van der Waals surface area contributed by atoms with Crippen LogP contribution in [0, 0.1) is 6.92 Å². The van der Waals surface area contributed by atoms with Crippen molar-refractivity contribution in [1.29, 1.82) is 0 Å². The lowest BCUT2D eigenvalue weighted by atomic mass is 10.0. The van der Waals surface area contributed by atoms with Crippen molar-refractivity contribution in [2.45, 2.75) is 25.6 Å². The third kappa shape index (κ3) is 1.21. The van der Waals surface area contributed by atoms with Crippen molar-refractivity contribution < 1.29 is 0 Å². The summed E-state index contributed by atoms with van der Waals surface area (Å²) in [5, 5.41) is 7.33. The number of rotatable bonds is 2. The summed E-state index contributed by atoms with van der Waals surface area (Å²) in [6.07, 6.45) is 1.57. The van der Waals surface area contributed by atoms with Crippen LogP contribution in [0.25, 0.3) is 0 Å². The first-order valence-corrected chi connectivity index (χ1v) is 4.11. The van der Waals surface area contributed by atoms with Crippen molar-refractivity contribution >= 4 is 0 Å². The first kappa shape index (κ1) is 7.70. The molecule has 5 heteroatoms. The van der Waals surface area contributed by atoms with Gasteiger partial charge in [0.15, 0.2) is 0 Å². The lowest BCUT2D eigenvalue weighted by Gasteiger charge is -2.35. The highest BCUT2D eigenvalue weighted by molar-refractivity contribution is 4.92. The summed E-state index contributed by atoms with van der Waals surface area (Å²) in [5.41, 5.74) is 5.77. The first-order chi connectivity index (χ1) is 5.77. The van der Waals surface area contributed by atoms with Gasteiger partial charge in [-0.2, -0.15) is 5.10 Å². The van der Waals surface area contributed by atoms with Crippen molar-refractivity contribution in [3.63, 3.8) is 0 Å². The maximum absolute atomic E-state index is 5.77. The predicted molar refractivity (Wildman–Crippen MR) is 44.5 cm³/mol.